The molecule has 3 heterocycles. The van der Waals surface area contributed by atoms with Crippen LogP contribution in [0, 0.1) is 5.92 Å². The molecule has 1 aliphatic heterocycles. The molecular formula is C15H22N8O. The standard InChI is InChI=1S/C15H22N8O/c16-4-8-23-11-13(20-21-23)14(24)19-9-12-3-1-7-22(10-12)15-17-5-2-6-18-15/h2,5-6,11-12H,1,3-4,7-10,16H2,(H,19,24)/t12-/m1/s1. The number of piperidine rings is 1. The number of nitrogens with two attached hydrogens (primary N) is 1. The fourth-order valence-corrected chi connectivity index (χ4v) is 2.84. The van der Waals surface area contributed by atoms with Crippen LogP contribution in [0.2, 0.25) is 0 Å². The van der Waals surface area contributed by atoms with E-state index in [0.29, 0.717) is 31.2 Å². The average molecular weight is 330 g/mol. The molecule has 3 N–H and O–H groups in total. The summed E-state index contributed by atoms with van der Waals surface area (Å²) in [4.78, 5) is 22.9. The predicted octanol–water partition coefficient (Wildman–Crippen LogP) is -0.327. The number of rotatable bonds is 6. The second kappa shape index (κ2) is 7.82. The highest BCUT2D eigenvalue weighted by Crippen LogP contribution is 2.19. The molecular weight excluding hydrogens is 308 g/mol. The van der Waals surface area contributed by atoms with Gasteiger partial charge in [0, 0.05) is 38.6 Å². The van der Waals surface area contributed by atoms with Crippen molar-refractivity contribution in [3.8, 4) is 0 Å². The van der Waals surface area contributed by atoms with Gasteiger partial charge in [-0.15, -0.1) is 5.10 Å². The molecule has 9 nitrogen and oxygen atoms in total. The molecule has 24 heavy (non-hydrogen) atoms. The Labute approximate surface area is 140 Å². The Morgan fingerprint density at radius 3 is 3.00 bits per heavy atom. The number of carbonyl (C=O) groups is 1. The van der Waals surface area contributed by atoms with E-state index >= 15 is 0 Å². The predicted molar refractivity (Wildman–Crippen MR) is 88.4 cm³/mol. The van der Waals surface area contributed by atoms with Crippen molar-refractivity contribution in [3.63, 3.8) is 0 Å². The molecule has 1 atom stereocenters. The maximum atomic E-state index is 12.2. The Morgan fingerprint density at radius 2 is 2.21 bits per heavy atom. The second-order valence-electron chi connectivity index (χ2n) is 5.87. The van der Waals surface area contributed by atoms with Crippen molar-refractivity contribution in [2.24, 2.45) is 11.7 Å². The number of anilines is 1. The summed E-state index contributed by atoms with van der Waals surface area (Å²) in [5.74, 6) is 0.912. The summed E-state index contributed by atoms with van der Waals surface area (Å²) in [7, 11) is 0. The zero-order chi connectivity index (χ0) is 16.8. The summed E-state index contributed by atoms with van der Waals surface area (Å²) in [6, 6.07) is 1.81. The molecule has 1 fully saturated rings. The number of amides is 1. The molecule has 1 amide bonds. The van der Waals surface area contributed by atoms with Crippen LogP contribution in [0.15, 0.2) is 24.7 Å². The van der Waals surface area contributed by atoms with Gasteiger partial charge in [0.05, 0.1) is 12.7 Å². The molecule has 0 aliphatic carbocycles. The Balaban J connectivity index is 1.51. The summed E-state index contributed by atoms with van der Waals surface area (Å²) >= 11 is 0. The van der Waals surface area contributed by atoms with Gasteiger partial charge in [0.15, 0.2) is 5.69 Å². The van der Waals surface area contributed by atoms with E-state index in [-0.39, 0.29) is 5.91 Å². The third kappa shape index (κ3) is 4.05. The van der Waals surface area contributed by atoms with Gasteiger partial charge in [-0.2, -0.15) is 0 Å². The van der Waals surface area contributed by atoms with Gasteiger partial charge in [0.2, 0.25) is 5.95 Å². The quantitative estimate of drug-likeness (QED) is 0.745. The molecule has 1 aliphatic rings. The molecule has 0 radical (unpaired) electrons. The van der Waals surface area contributed by atoms with Crippen LogP contribution in [0.3, 0.4) is 0 Å². The molecule has 9 heteroatoms. The Hall–Kier alpha value is -2.55. The minimum Gasteiger partial charge on any atom is -0.350 e. The first-order valence-electron chi connectivity index (χ1n) is 8.16. The number of nitrogens with zero attached hydrogens (tertiary/aromatic N) is 6. The minimum absolute atomic E-state index is 0.202. The van der Waals surface area contributed by atoms with Gasteiger partial charge in [0.25, 0.3) is 5.91 Å². The van der Waals surface area contributed by atoms with Crippen LogP contribution in [-0.4, -0.2) is 57.0 Å². The summed E-state index contributed by atoms with van der Waals surface area (Å²) in [5, 5.41) is 10.7. The monoisotopic (exact) mass is 330 g/mol. The zero-order valence-corrected chi connectivity index (χ0v) is 13.5. The second-order valence-corrected chi connectivity index (χ2v) is 5.87. The highest BCUT2D eigenvalue weighted by Gasteiger charge is 2.22. The van der Waals surface area contributed by atoms with Gasteiger partial charge < -0.3 is 16.0 Å². The van der Waals surface area contributed by atoms with Crippen molar-refractivity contribution in [1.82, 2.24) is 30.3 Å². The maximum Gasteiger partial charge on any atom is 0.273 e. The molecule has 0 bridgehead atoms. The molecule has 0 aromatic carbocycles. The third-order valence-corrected chi connectivity index (χ3v) is 4.03. The molecule has 3 rings (SSSR count). The highest BCUT2D eigenvalue weighted by atomic mass is 16.2. The molecule has 128 valence electrons. The van der Waals surface area contributed by atoms with E-state index in [4.69, 9.17) is 5.73 Å². The first-order chi connectivity index (χ1) is 11.8. The topological polar surface area (TPSA) is 115 Å². The van der Waals surface area contributed by atoms with Crippen LogP contribution in [0.25, 0.3) is 0 Å². The number of hydrogen-bond donors (Lipinski definition) is 2. The number of hydrogen-bond acceptors (Lipinski definition) is 7. The van der Waals surface area contributed by atoms with Gasteiger partial charge in [0.1, 0.15) is 0 Å². The fraction of sp³-hybridized carbons (Fsp3) is 0.533. The average Bonchev–Trinajstić information content (AvgIpc) is 3.10. The molecule has 2 aromatic heterocycles. The van der Waals surface area contributed by atoms with Crippen LogP contribution in [0.4, 0.5) is 5.95 Å². The van der Waals surface area contributed by atoms with E-state index in [9.17, 15) is 4.79 Å². The Bertz CT molecular complexity index is 659. The van der Waals surface area contributed by atoms with Gasteiger partial charge in [-0.1, -0.05) is 5.21 Å². The van der Waals surface area contributed by atoms with Crippen molar-refractivity contribution >= 4 is 11.9 Å². The number of aromatic nitrogens is 5. The molecule has 1 saturated heterocycles. The summed E-state index contributed by atoms with van der Waals surface area (Å²) in [6.45, 7) is 3.40. The molecule has 0 spiro atoms. The summed E-state index contributed by atoms with van der Waals surface area (Å²) < 4.78 is 1.57. The summed E-state index contributed by atoms with van der Waals surface area (Å²) in [6.07, 6.45) is 7.25. The van der Waals surface area contributed by atoms with Crippen LogP contribution in [-0.2, 0) is 6.54 Å². The van der Waals surface area contributed by atoms with Crippen molar-refractivity contribution in [2.45, 2.75) is 19.4 Å². The lowest BCUT2D eigenvalue weighted by Crippen LogP contribution is -2.41. The number of carbonyl (C=O) groups excluding carboxylic acids is 1. The van der Waals surface area contributed by atoms with Gasteiger partial charge in [-0.05, 0) is 24.8 Å². The lowest BCUT2D eigenvalue weighted by molar-refractivity contribution is 0.0940. The number of nitrogens with one attached hydrogen (secondary N) is 1. The van der Waals surface area contributed by atoms with Gasteiger partial charge in [-0.25, -0.2) is 9.97 Å². The van der Waals surface area contributed by atoms with E-state index in [0.717, 1.165) is 31.9 Å². The molecule has 2 aromatic rings. The SMILES string of the molecule is NCCn1cc(C(=O)NC[C@H]2CCCN(c3ncccn3)C2)nn1. The van der Waals surface area contributed by atoms with Gasteiger partial charge in [-0.3, -0.25) is 9.48 Å². The zero-order valence-electron chi connectivity index (χ0n) is 13.5. The van der Waals surface area contributed by atoms with Crippen LogP contribution in [0.5, 0.6) is 0 Å². The van der Waals surface area contributed by atoms with E-state index in [2.05, 4.69) is 30.5 Å². The van der Waals surface area contributed by atoms with Crippen LogP contribution >= 0.6 is 0 Å². The first-order valence-corrected chi connectivity index (χ1v) is 8.16. The van der Waals surface area contributed by atoms with Gasteiger partial charge >= 0.3 is 0 Å². The first kappa shape index (κ1) is 16.3. The summed E-state index contributed by atoms with van der Waals surface area (Å²) in [5.41, 5.74) is 5.78. The van der Waals surface area contributed by atoms with Crippen molar-refractivity contribution < 1.29 is 4.79 Å². The normalized spacial score (nSPS) is 17.7. The van der Waals surface area contributed by atoms with Crippen LogP contribution < -0.4 is 16.0 Å². The minimum atomic E-state index is -0.202. The molecule has 0 unspecified atom stereocenters. The van der Waals surface area contributed by atoms with Crippen molar-refractivity contribution in [1.29, 1.82) is 0 Å². The maximum absolute atomic E-state index is 12.2. The Kier molecular flexibility index (Phi) is 5.32. The van der Waals surface area contributed by atoms with Crippen molar-refractivity contribution in [2.75, 3.05) is 31.1 Å². The van der Waals surface area contributed by atoms with Crippen molar-refractivity contribution in [3.05, 3.63) is 30.4 Å². The Morgan fingerprint density at radius 1 is 1.38 bits per heavy atom. The van der Waals surface area contributed by atoms with E-state index in [1.54, 1.807) is 23.3 Å². The van der Waals surface area contributed by atoms with E-state index in [1.807, 2.05) is 6.07 Å². The smallest absolute Gasteiger partial charge is 0.273 e. The third-order valence-electron chi connectivity index (χ3n) is 4.03. The highest BCUT2D eigenvalue weighted by molar-refractivity contribution is 5.91. The van der Waals surface area contributed by atoms with E-state index in [1.165, 1.54) is 0 Å². The van der Waals surface area contributed by atoms with E-state index < -0.39 is 0 Å². The molecule has 0 saturated carbocycles. The largest absolute Gasteiger partial charge is 0.350 e. The lowest BCUT2D eigenvalue weighted by atomic mass is 9.98. The fourth-order valence-electron chi connectivity index (χ4n) is 2.84. The lowest BCUT2D eigenvalue weighted by Gasteiger charge is -2.32. The van der Waals surface area contributed by atoms with Crippen LogP contribution in [0.1, 0.15) is 23.3 Å².